The molecule has 0 aliphatic rings. The lowest BCUT2D eigenvalue weighted by Crippen LogP contribution is -2.42. The summed E-state index contributed by atoms with van der Waals surface area (Å²) in [6.45, 7) is 9.06. The Kier molecular flexibility index (Phi) is 4.97. The highest BCUT2D eigenvalue weighted by atomic mass is 16.5. The second-order valence-electron chi connectivity index (χ2n) is 5.36. The van der Waals surface area contributed by atoms with Crippen LogP contribution < -0.4 is 10.1 Å². The molecule has 0 amide bonds. The van der Waals surface area contributed by atoms with Gasteiger partial charge in [0.05, 0.1) is 0 Å². The van der Waals surface area contributed by atoms with Gasteiger partial charge in [0.15, 0.2) is 0 Å². The predicted octanol–water partition coefficient (Wildman–Crippen LogP) is 2.12. The van der Waals surface area contributed by atoms with Crippen molar-refractivity contribution in [3.63, 3.8) is 0 Å². The molecule has 17 heavy (non-hydrogen) atoms. The van der Waals surface area contributed by atoms with E-state index in [0.717, 1.165) is 11.3 Å². The maximum absolute atomic E-state index is 9.78. The molecule has 2 N–H and O–H groups in total. The van der Waals surface area contributed by atoms with Gasteiger partial charge in [-0.25, -0.2) is 0 Å². The Morgan fingerprint density at radius 2 is 1.94 bits per heavy atom. The van der Waals surface area contributed by atoms with Crippen LogP contribution in [0.2, 0.25) is 0 Å². The molecule has 0 aliphatic heterocycles. The van der Waals surface area contributed by atoms with Gasteiger partial charge in [0.25, 0.3) is 0 Å². The molecule has 0 radical (unpaired) electrons. The van der Waals surface area contributed by atoms with Crippen molar-refractivity contribution < 1.29 is 9.84 Å². The molecule has 1 atom stereocenters. The fraction of sp³-hybridized carbons (Fsp3) is 0.571. The maximum atomic E-state index is 9.78. The van der Waals surface area contributed by atoms with E-state index in [4.69, 9.17) is 4.74 Å². The Labute approximate surface area is 104 Å². The standard InChI is InChI=1S/C14H23NO2/c1-11-7-5-6-8-13(11)17-10-12(16)9-15-14(2,3)4/h5-8,12,15-16H,9-10H2,1-4H3/t12-/m1/s1. The number of hydrogen-bond acceptors (Lipinski definition) is 3. The zero-order valence-electron chi connectivity index (χ0n) is 11.2. The Bertz CT molecular complexity index is 344. The number of para-hydroxylation sites is 1. The monoisotopic (exact) mass is 237 g/mol. The van der Waals surface area contributed by atoms with E-state index in [1.54, 1.807) is 0 Å². The van der Waals surface area contributed by atoms with E-state index in [-0.39, 0.29) is 5.54 Å². The molecule has 0 saturated carbocycles. The lowest BCUT2D eigenvalue weighted by atomic mass is 10.1. The number of nitrogens with one attached hydrogen (secondary N) is 1. The summed E-state index contributed by atoms with van der Waals surface area (Å²) in [5.41, 5.74) is 1.10. The van der Waals surface area contributed by atoms with Crippen LogP contribution in [0.3, 0.4) is 0 Å². The number of aryl methyl sites for hydroxylation is 1. The largest absolute Gasteiger partial charge is 0.491 e. The van der Waals surface area contributed by atoms with Crippen molar-refractivity contribution in [3.8, 4) is 5.75 Å². The van der Waals surface area contributed by atoms with Crippen LogP contribution >= 0.6 is 0 Å². The number of ether oxygens (including phenoxy) is 1. The van der Waals surface area contributed by atoms with Crippen LogP contribution in [0.1, 0.15) is 26.3 Å². The van der Waals surface area contributed by atoms with Gasteiger partial charge in [0.1, 0.15) is 18.5 Å². The molecule has 0 spiro atoms. The van der Waals surface area contributed by atoms with Crippen LogP contribution in [0.4, 0.5) is 0 Å². The summed E-state index contributed by atoms with van der Waals surface area (Å²) in [6.07, 6.45) is -0.492. The summed E-state index contributed by atoms with van der Waals surface area (Å²) in [5, 5.41) is 13.0. The lowest BCUT2D eigenvalue weighted by Gasteiger charge is -2.23. The van der Waals surface area contributed by atoms with Gasteiger partial charge in [-0.3, -0.25) is 0 Å². The topological polar surface area (TPSA) is 41.5 Å². The van der Waals surface area contributed by atoms with Gasteiger partial charge in [-0.15, -0.1) is 0 Å². The minimum Gasteiger partial charge on any atom is -0.491 e. The van der Waals surface area contributed by atoms with Crippen LogP contribution in [0, 0.1) is 6.92 Å². The smallest absolute Gasteiger partial charge is 0.122 e. The average molecular weight is 237 g/mol. The second-order valence-corrected chi connectivity index (χ2v) is 5.36. The molecule has 0 saturated heterocycles. The van der Waals surface area contributed by atoms with Crippen LogP contribution in [0.5, 0.6) is 5.75 Å². The van der Waals surface area contributed by atoms with E-state index in [0.29, 0.717) is 13.2 Å². The molecule has 1 aromatic carbocycles. The van der Waals surface area contributed by atoms with Crippen molar-refractivity contribution in [2.24, 2.45) is 0 Å². The van der Waals surface area contributed by atoms with Gasteiger partial charge in [-0.1, -0.05) is 18.2 Å². The number of aliphatic hydroxyl groups excluding tert-OH is 1. The highest BCUT2D eigenvalue weighted by Gasteiger charge is 2.12. The minimum absolute atomic E-state index is 0.0175. The first kappa shape index (κ1) is 14.0. The Morgan fingerprint density at radius 3 is 2.53 bits per heavy atom. The highest BCUT2D eigenvalue weighted by molar-refractivity contribution is 5.31. The molecule has 3 nitrogen and oxygen atoms in total. The third-order valence-corrected chi connectivity index (χ3v) is 2.39. The summed E-state index contributed by atoms with van der Waals surface area (Å²) < 4.78 is 5.57. The van der Waals surface area contributed by atoms with Crippen molar-refractivity contribution in [3.05, 3.63) is 29.8 Å². The minimum atomic E-state index is -0.492. The van der Waals surface area contributed by atoms with Crippen molar-refractivity contribution >= 4 is 0 Å². The van der Waals surface area contributed by atoms with Gasteiger partial charge in [0.2, 0.25) is 0 Å². The zero-order chi connectivity index (χ0) is 12.9. The molecule has 0 aliphatic carbocycles. The van der Waals surface area contributed by atoms with Crippen LogP contribution in [0.25, 0.3) is 0 Å². The third kappa shape index (κ3) is 5.71. The first-order valence-corrected chi connectivity index (χ1v) is 6.00. The van der Waals surface area contributed by atoms with Crippen molar-refractivity contribution in [1.29, 1.82) is 0 Å². The molecule has 0 aromatic heterocycles. The number of rotatable bonds is 5. The van der Waals surface area contributed by atoms with Crippen LogP contribution in [-0.2, 0) is 0 Å². The first-order chi connectivity index (χ1) is 7.88. The zero-order valence-corrected chi connectivity index (χ0v) is 11.2. The number of hydrogen-bond donors (Lipinski definition) is 2. The Morgan fingerprint density at radius 1 is 1.29 bits per heavy atom. The van der Waals surface area contributed by atoms with E-state index in [2.05, 4.69) is 26.1 Å². The molecule has 0 heterocycles. The summed E-state index contributed by atoms with van der Waals surface area (Å²) in [5.74, 6) is 0.835. The van der Waals surface area contributed by atoms with E-state index >= 15 is 0 Å². The molecule has 0 bridgehead atoms. The maximum Gasteiger partial charge on any atom is 0.122 e. The number of β-amino-alcohol motifs (C(OH)–C–C–N with tert-alkyl or cyclic N) is 1. The number of aliphatic hydroxyl groups is 1. The van der Waals surface area contributed by atoms with Crippen LogP contribution in [-0.4, -0.2) is 29.9 Å². The molecule has 1 rings (SSSR count). The van der Waals surface area contributed by atoms with Crippen LogP contribution in [0.15, 0.2) is 24.3 Å². The predicted molar refractivity (Wildman–Crippen MR) is 70.4 cm³/mol. The van der Waals surface area contributed by atoms with E-state index in [1.165, 1.54) is 0 Å². The molecule has 1 aromatic rings. The van der Waals surface area contributed by atoms with Crippen molar-refractivity contribution in [2.45, 2.75) is 39.3 Å². The third-order valence-electron chi connectivity index (χ3n) is 2.39. The molecule has 0 unspecified atom stereocenters. The average Bonchev–Trinajstić information content (AvgIpc) is 2.24. The number of benzene rings is 1. The van der Waals surface area contributed by atoms with Gasteiger partial charge < -0.3 is 15.2 Å². The molecular weight excluding hydrogens is 214 g/mol. The summed E-state index contributed by atoms with van der Waals surface area (Å²) in [6, 6.07) is 7.82. The van der Waals surface area contributed by atoms with Crippen molar-refractivity contribution in [1.82, 2.24) is 5.32 Å². The molecular formula is C14H23NO2. The van der Waals surface area contributed by atoms with Gasteiger partial charge >= 0.3 is 0 Å². The van der Waals surface area contributed by atoms with Gasteiger partial charge in [-0.05, 0) is 39.3 Å². The molecule has 0 fully saturated rings. The normalized spacial score (nSPS) is 13.5. The summed E-state index contributed by atoms with van der Waals surface area (Å²) >= 11 is 0. The Balaban J connectivity index is 2.34. The molecule has 96 valence electrons. The van der Waals surface area contributed by atoms with Gasteiger partial charge in [-0.2, -0.15) is 0 Å². The lowest BCUT2D eigenvalue weighted by molar-refractivity contribution is 0.0997. The van der Waals surface area contributed by atoms with Gasteiger partial charge in [0, 0.05) is 12.1 Å². The fourth-order valence-corrected chi connectivity index (χ4v) is 1.39. The molecule has 3 heteroatoms. The fourth-order valence-electron chi connectivity index (χ4n) is 1.39. The van der Waals surface area contributed by atoms with E-state index in [9.17, 15) is 5.11 Å². The summed E-state index contributed by atoms with van der Waals surface area (Å²) in [4.78, 5) is 0. The highest BCUT2D eigenvalue weighted by Crippen LogP contribution is 2.16. The quantitative estimate of drug-likeness (QED) is 0.824. The van der Waals surface area contributed by atoms with E-state index < -0.39 is 6.10 Å². The van der Waals surface area contributed by atoms with E-state index in [1.807, 2.05) is 31.2 Å². The Hall–Kier alpha value is -1.06. The summed E-state index contributed by atoms with van der Waals surface area (Å²) in [7, 11) is 0. The SMILES string of the molecule is Cc1ccccc1OC[C@H](O)CNC(C)(C)C. The first-order valence-electron chi connectivity index (χ1n) is 6.00. The van der Waals surface area contributed by atoms with Crippen molar-refractivity contribution in [2.75, 3.05) is 13.2 Å². The second kappa shape index (κ2) is 6.03.